The number of H-pyrrole nitrogens is 1. The van der Waals surface area contributed by atoms with Gasteiger partial charge in [0.05, 0.1) is 6.04 Å². The number of amides is 2. The van der Waals surface area contributed by atoms with Crippen molar-refractivity contribution in [3.63, 3.8) is 0 Å². The maximum absolute atomic E-state index is 12.2. The number of rotatable bonds is 13. The number of imide groups is 1. The first kappa shape index (κ1) is 22.2. The van der Waals surface area contributed by atoms with Gasteiger partial charge < -0.3 is 10.7 Å². The molecule has 2 rings (SSSR count). The van der Waals surface area contributed by atoms with Crippen LogP contribution in [0.2, 0.25) is 0 Å². The van der Waals surface area contributed by atoms with Gasteiger partial charge in [0.1, 0.15) is 0 Å². The van der Waals surface area contributed by atoms with Crippen LogP contribution in [0.4, 0.5) is 0 Å². The number of aromatic nitrogens is 1. The Kier molecular flexibility index (Phi) is 9.77. The summed E-state index contributed by atoms with van der Waals surface area (Å²) >= 11 is 0. The van der Waals surface area contributed by atoms with Crippen LogP contribution in [0.3, 0.4) is 0 Å². The predicted molar refractivity (Wildman–Crippen MR) is 115 cm³/mol. The van der Waals surface area contributed by atoms with E-state index in [0.29, 0.717) is 12.8 Å². The molecular formula is C23H35N3O2. The van der Waals surface area contributed by atoms with Gasteiger partial charge in [-0.3, -0.25) is 14.9 Å². The Morgan fingerprint density at radius 1 is 1.00 bits per heavy atom. The molecule has 0 fully saturated rings. The lowest BCUT2D eigenvalue weighted by atomic mass is 10.0. The quantitative estimate of drug-likeness (QED) is 0.440. The molecule has 0 unspecified atom stereocenters. The van der Waals surface area contributed by atoms with Crippen LogP contribution in [0.5, 0.6) is 0 Å². The molecule has 0 saturated heterocycles. The lowest BCUT2D eigenvalue weighted by molar-refractivity contribution is -0.131. The van der Waals surface area contributed by atoms with Gasteiger partial charge in [-0.25, -0.2) is 0 Å². The average Bonchev–Trinajstić information content (AvgIpc) is 3.09. The van der Waals surface area contributed by atoms with Crippen molar-refractivity contribution >= 4 is 22.7 Å². The normalized spacial score (nSPS) is 12.2. The molecule has 1 aromatic heterocycles. The van der Waals surface area contributed by atoms with Gasteiger partial charge in [-0.05, 0) is 24.5 Å². The lowest BCUT2D eigenvalue weighted by Crippen LogP contribution is -2.44. The van der Waals surface area contributed by atoms with E-state index in [0.717, 1.165) is 35.7 Å². The number of aromatic amines is 1. The highest BCUT2D eigenvalue weighted by atomic mass is 16.2. The van der Waals surface area contributed by atoms with E-state index in [2.05, 4.69) is 17.2 Å². The molecule has 28 heavy (non-hydrogen) atoms. The molecule has 5 nitrogen and oxygen atoms in total. The number of carbonyl (C=O) groups is 2. The van der Waals surface area contributed by atoms with E-state index in [1.54, 1.807) is 0 Å². The van der Waals surface area contributed by atoms with Crippen molar-refractivity contribution in [2.75, 3.05) is 0 Å². The number of nitrogens with two attached hydrogens (primary N) is 1. The summed E-state index contributed by atoms with van der Waals surface area (Å²) in [5.41, 5.74) is 8.02. The number of hydrogen-bond acceptors (Lipinski definition) is 3. The van der Waals surface area contributed by atoms with Crippen LogP contribution in [0.25, 0.3) is 10.9 Å². The number of benzene rings is 1. The Labute approximate surface area is 168 Å². The molecule has 1 heterocycles. The maximum atomic E-state index is 12.2. The number of para-hydroxylation sites is 1. The van der Waals surface area contributed by atoms with Gasteiger partial charge >= 0.3 is 0 Å². The van der Waals surface area contributed by atoms with Crippen molar-refractivity contribution < 1.29 is 9.59 Å². The van der Waals surface area contributed by atoms with E-state index in [-0.39, 0.29) is 5.91 Å². The van der Waals surface area contributed by atoms with E-state index in [4.69, 9.17) is 5.73 Å². The zero-order valence-corrected chi connectivity index (χ0v) is 17.1. The van der Waals surface area contributed by atoms with E-state index in [1.165, 1.54) is 38.5 Å². The molecule has 0 saturated carbocycles. The minimum Gasteiger partial charge on any atom is -0.361 e. The van der Waals surface area contributed by atoms with Crippen molar-refractivity contribution in [3.05, 3.63) is 36.0 Å². The topological polar surface area (TPSA) is 88.0 Å². The Morgan fingerprint density at radius 3 is 2.36 bits per heavy atom. The fourth-order valence-electron chi connectivity index (χ4n) is 3.52. The Morgan fingerprint density at radius 2 is 1.64 bits per heavy atom. The summed E-state index contributed by atoms with van der Waals surface area (Å²) in [6, 6.07) is 7.17. The second-order valence-corrected chi connectivity index (χ2v) is 7.66. The number of carbonyl (C=O) groups excluding carboxylic acids is 2. The first-order chi connectivity index (χ1) is 13.6. The van der Waals surface area contributed by atoms with Crippen molar-refractivity contribution in [1.29, 1.82) is 0 Å². The Balaban J connectivity index is 1.60. The summed E-state index contributed by atoms with van der Waals surface area (Å²) in [5.74, 6) is -0.617. The van der Waals surface area contributed by atoms with Crippen molar-refractivity contribution in [2.24, 2.45) is 5.73 Å². The Bertz CT molecular complexity index is 738. The van der Waals surface area contributed by atoms with Gasteiger partial charge in [0, 0.05) is 23.5 Å². The molecule has 4 N–H and O–H groups in total. The molecule has 0 aliphatic rings. The Hall–Kier alpha value is -2.14. The summed E-state index contributed by atoms with van der Waals surface area (Å²) in [4.78, 5) is 27.4. The number of unbranched alkanes of at least 4 members (excludes halogenated alkanes) is 8. The minimum atomic E-state index is -0.730. The second kappa shape index (κ2) is 12.3. The van der Waals surface area contributed by atoms with E-state index >= 15 is 0 Å². The maximum Gasteiger partial charge on any atom is 0.243 e. The molecule has 0 bridgehead atoms. The van der Waals surface area contributed by atoms with Crippen LogP contribution in [0.1, 0.15) is 76.7 Å². The third-order valence-electron chi connectivity index (χ3n) is 5.22. The molecule has 154 valence electrons. The van der Waals surface area contributed by atoms with Crippen molar-refractivity contribution in [3.8, 4) is 0 Å². The smallest absolute Gasteiger partial charge is 0.243 e. The van der Waals surface area contributed by atoms with Gasteiger partial charge in [-0.15, -0.1) is 0 Å². The van der Waals surface area contributed by atoms with Crippen LogP contribution in [-0.4, -0.2) is 22.8 Å². The highest BCUT2D eigenvalue weighted by Crippen LogP contribution is 2.18. The zero-order chi connectivity index (χ0) is 20.2. The van der Waals surface area contributed by atoms with Crippen LogP contribution < -0.4 is 11.1 Å². The number of hydrogen-bond donors (Lipinski definition) is 3. The summed E-state index contributed by atoms with van der Waals surface area (Å²) in [6.45, 7) is 2.23. The molecule has 1 aromatic carbocycles. The fourth-order valence-corrected chi connectivity index (χ4v) is 3.52. The standard InChI is InChI=1S/C23H35N3O2/c1-2-3-4-5-6-7-8-9-10-15-22(27)26-23(28)20(24)16-18-17-25-21-14-12-11-13-19(18)21/h11-14,17,20,25H,2-10,15-16,24H2,1H3,(H,26,27,28)/t20-/m0/s1. The highest BCUT2D eigenvalue weighted by Gasteiger charge is 2.18. The van der Waals surface area contributed by atoms with Gasteiger partial charge in [0.25, 0.3) is 0 Å². The summed E-state index contributed by atoms with van der Waals surface area (Å²) < 4.78 is 0. The third-order valence-corrected chi connectivity index (χ3v) is 5.22. The van der Waals surface area contributed by atoms with Crippen LogP contribution in [0.15, 0.2) is 30.5 Å². The first-order valence-corrected chi connectivity index (χ1v) is 10.8. The van der Waals surface area contributed by atoms with Crippen molar-refractivity contribution in [1.82, 2.24) is 10.3 Å². The SMILES string of the molecule is CCCCCCCCCCCC(=O)NC(=O)[C@@H](N)Cc1c[nH]c2ccccc12. The number of fused-ring (bicyclic) bond motifs is 1. The van der Waals surface area contributed by atoms with E-state index < -0.39 is 11.9 Å². The minimum absolute atomic E-state index is 0.220. The van der Waals surface area contributed by atoms with Crippen LogP contribution in [-0.2, 0) is 16.0 Å². The molecule has 2 amide bonds. The van der Waals surface area contributed by atoms with Gasteiger partial charge in [0.15, 0.2) is 0 Å². The molecule has 5 heteroatoms. The third kappa shape index (κ3) is 7.47. The fraction of sp³-hybridized carbons (Fsp3) is 0.565. The van der Waals surface area contributed by atoms with Crippen molar-refractivity contribution in [2.45, 2.75) is 83.6 Å². The van der Waals surface area contributed by atoms with Crippen LogP contribution in [0, 0.1) is 0 Å². The summed E-state index contributed by atoms with van der Waals surface area (Å²) in [6.07, 6.45) is 13.5. The molecule has 1 atom stereocenters. The van der Waals surface area contributed by atoms with E-state index in [1.807, 2.05) is 30.5 Å². The molecule has 2 aromatic rings. The monoisotopic (exact) mass is 385 g/mol. The molecule has 0 aliphatic heterocycles. The lowest BCUT2D eigenvalue weighted by Gasteiger charge is -2.11. The second-order valence-electron chi connectivity index (χ2n) is 7.66. The van der Waals surface area contributed by atoms with E-state index in [9.17, 15) is 9.59 Å². The summed E-state index contributed by atoms with van der Waals surface area (Å²) in [7, 11) is 0. The molecular weight excluding hydrogens is 350 g/mol. The number of nitrogens with one attached hydrogen (secondary N) is 2. The largest absolute Gasteiger partial charge is 0.361 e. The molecule has 0 spiro atoms. The zero-order valence-electron chi connectivity index (χ0n) is 17.1. The first-order valence-electron chi connectivity index (χ1n) is 10.8. The van der Waals surface area contributed by atoms with Gasteiger partial charge in [-0.2, -0.15) is 0 Å². The van der Waals surface area contributed by atoms with Gasteiger partial charge in [-0.1, -0.05) is 76.5 Å². The summed E-state index contributed by atoms with van der Waals surface area (Å²) in [5, 5.41) is 3.51. The predicted octanol–water partition coefficient (Wildman–Crippen LogP) is 4.60. The van der Waals surface area contributed by atoms with Crippen LogP contribution >= 0.6 is 0 Å². The highest BCUT2D eigenvalue weighted by molar-refractivity contribution is 5.98. The average molecular weight is 386 g/mol. The van der Waals surface area contributed by atoms with Gasteiger partial charge in [0.2, 0.25) is 11.8 Å². The molecule has 0 radical (unpaired) electrons. The molecule has 0 aliphatic carbocycles.